The summed E-state index contributed by atoms with van der Waals surface area (Å²) in [6.45, 7) is 4.72. The van der Waals surface area contributed by atoms with E-state index in [0.29, 0.717) is 22.6 Å². The van der Waals surface area contributed by atoms with Gasteiger partial charge in [0.1, 0.15) is 29.9 Å². The maximum atomic E-state index is 14.6. The van der Waals surface area contributed by atoms with E-state index in [1.807, 2.05) is 13.8 Å². The lowest BCUT2D eigenvalue weighted by atomic mass is 9.98. The monoisotopic (exact) mass is 456 g/mol. The molecule has 0 spiro atoms. The molecule has 2 heterocycles. The number of ether oxygens (including phenoxy) is 3. The van der Waals surface area contributed by atoms with Crippen LogP contribution in [-0.2, 0) is 11.2 Å². The van der Waals surface area contributed by atoms with Gasteiger partial charge in [-0.3, -0.25) is 4.68 Å². The van der Waals surface area contributed by atoms with Crippen molar-refractivity contribution in [3.05, 3.63) is 40.8 Å². The molecule has 1 aromatic carbocycles. The Morgan fingerprint density at radius 3 is 2.50 bits per heavy atom. The van der Waals surface area contributed by atoms with Gasteiger partial charge < -0.3 is 39.7 Å². The summed E-state index contributed by atoms with van der Waals surface area (Å²) in [7, 11) is 1.43. The van der Waals surface area contributed by atoms with Gasteiger partial charge in [0.05, 0.1) is 13.7 Å². The lowest BCUT2D eigenvalue weighted by molar-refractivity contribution is -0.423. The van der Waals surface area contributed by atoms with E-state index < -0.39 is 42.8 Å². The van der Waals surface area contributed by atoms with Gasteiger partial charge in [-0.05, 0) is 32.4 Å². The van der Waals surface area contributed by atoms with Crippen LogP contribution in [0, 0.1) is 12.7 Å². The first-order valence-corrected chi connectivity index (χ1v) is 10.2. The van der Waals surface area contributed by atoms with Gasteiger partial charge in [-0.15, -0.1) is 5.10 Å². The van der Waals surface area contributed by atoms with E-state index >= 15 is 0 Å². The van der Waals surface area contributed by atoms with Crippen molar-refractivity contribution in [3.8, 4) is 11.6 Å². The van der Waals surface area contributed by atoms with E-state index in [0.717, 1.165) is 0 Å². The predicted molar refractivity (Wildman–Crippen MR) is 109 cm³/mol. The Morgan fingerprint density at radius 1 is 1.25 bits per heavy atom. The summed E-state index contributed by atoms with van der Waals surface area (Å²) in [6.07, 6.45) is -6.97. The molecule has 1 saturated heterocycles. The zero-order valence-corrected chi connectivity index (χ0v) is 18.3. The Hall–Kier alpha value is -2.28. The summed E-state index contributed by atoms with van der Waals surface area (Å²) in [5, 5.41) is 54.8. The molecule has 5 N–H and O–H groups in total. The zero-order valence-electron chi connectivity index (χ0n) is 18.3. The van der Waals surface area contributed by atoms with Gasteiger partial charge in [0.15, 0.2) is 6.10 Å². The van der Waals surface area contributed by atoms with Crippen LogP contribution in [0.25, 0.3) is 0 Å². The molecule has 178 valence electrons. The highest BCUT2D eigenvalue weighted by atomic mass is 19.1. The summed E-state index contributed by atoms with van der Waals surface area (Å²) in [5.41, 5.74) is 1.34. The van der Waals surface area contributed by atoms with Crippen molar-refractivity contribution in [2.24, 2.45) is 0 Å². The molecule has 10 nitrogen and oxygen atoms in total. The fourth-order valence-corrected chi connectivity index (χ4v) is 3.65. The van der Waals surface area contributed by atoms with Gasteiger partial charge in [0.25, 0.3) is 0 Å². The molecular weight excluding hydrogens is 427 g/mol. The Kier molecular flexibility index (Phi) is 7.08. The molecule has 1 aromatic heterocycles. The van der Waals surface area contributed by atoms with Crippen molar-refractivity contribution < 1.29 is 44.1 Å². The summed E-state index contributed by atoms with van der Waals surface area (Å²) < 4.78 is 31.9. The number of aromatic nitrogens is 2. The van der Waals surface area contributed by atoms with Crippen LogP contribution < -0.4 is 9.47 Å². The van der Waals surface area contributed by atoms with Crippen LogP contribution in [0.1, 0.15) is 36.7 Å². The highest BCUT2D eigenvalue weighted by Crippen LogP contribution is 2.35. The number of hydrogen-bond acceptors (Lipinski definition) is 9. The van der Waals surface area contributed by atoms with E-state index in [1.54, 1.807) is 23.7 Å². The molecule has 32 heavy (non-hydrogen) atoms. The molecule has 0 saturated carbocycles. The second-order valence-corrected chi connectivity index (χ2v) is 8.04. The van der Waals surface area contributed by atoms with Crippen molar-refractivity contribution in [2.45, 2.75) is 63.6 Å². The third-order valence-corrected chi connectivity index (χ3v) is 5.52. The number of aliphatic hydroxyl groups excluding tert-OH is 4. The minimum Gasteiger partial charge on any atom is -0.497 e. The minimum absolute atomic E-state index is 0.0322. The molecule has 1 fully saturated rings. The number of halogens is 1. The molecule has 0 amide bonds. The molecule has 11 heteroatoms. The van der Waals surface area contributed by atoms with Crippen LogP contribution in [0.4, 0.5) is 4.39 Å². The summed E-state index contributed by atoms with van der Waals surface area (Å²) >= 11 is 0. The standard InChI is InChI=1S/C21H29FN2O8/c1-10(2)24-11(3)14(7-12-5-6-13(30-4)8-15(12)22)20(23-24)32-21(29)19(28)18(27)17(26)16(9-25)31-21/h5-6,8,10,16-19,25-29H,7,9H2,1-4H3/t16-,17-,18-,19-,21?/m1/s1. The van der Waals surface area contributed by atoms with Crippen LogP contribution in [0.5, 0.6) is 11.6 Å². The van der Waals surface area contributed by atoms with Crippen molar-refractivity contribution in [1.82, 2.24) is 9.78 Å². The second kappa shape index (κ2) is 9.30. The topological polar surface area (TPSA) is 147 Å². The summed E-state index contributed by atoms with van der Waals surface area (Å²) in [6, 6.07) is 4.28. The normalized spacial score (nSPS) is 28.2. The number of hydrogen-bond donors (Lipinski definition) is 5. The lowest BCUT2D eigenvalue weighted by Gasteiger charge is -2.43. The van der Waals surface area contributed by atoms with Crippen molar-refractivity contribution in [3.63, 3.8) is 0 Å². The molecule has 1 aliphatic rings. The van der Waals surface area contributed by atoms with Crippen molar-refractivity contribution in [1.29, 1.82) is 0 Å². The number of rotatable bonds is 7. The second-order valence-electron chi connectivity index (χ2n) is 8.04. The number of benzene rings is 1. The van der Waals surface area contributed by atoms with E-state index in [2.05, 4.69) is 5.10 Å². The Labute approximate surface area is 184 Å². The van der Waals surface area contributed by atoms with Crippen molar-refractivity contribution >= 4 is 0 Å². The number of aliphatic hydroxyl groups is 5. The largest absolute Gasteiger partial charge is 0.497 e. The molecule has 0 bridgehead atoms. The number of methoxy groups -OCH3 is 1. The SMILES string of the molecule is COc1ccc(Cc2c(OC3(O)O[C@H](CO)[C@@H](O)[C@@H](O)[C@H]3O)nn(C(C)C)c2C)c(F)c1. The van der Waals surface area contributed by atoms with Gasteiger partial charge >= 0.3 is 5.97 Å². The Balaban J connectivity index is 2.00. The molecule has 0 radical (unpaired) electrons. The highest BCUT2D eigenvalue weighted by molar-refractivity contribution is 5.39. The van der Waals surface area contributed by atoms with E-state index in [-0.39, 0.29) is 18.3 Å². The first kappa shape index (κ1) is 24.4. The summed E-state index contributed by atoms with van der Waals surface area (Å²) in [4.78, 5) is 0. The molecule has 5 atom stereocenters. The maximum Gasteiger partial charge on any atom is 0.356 e. The Bertz CT molecular complexity index is 950. The van der Waals surface area contributed by atoms with Crippen LogP contribution in [0.2, 0.25) is 0 Å². The van der Waals surface area contributed by atoms with Gasteiger partial charge in [-0.2, -0.15) is 0 Å². The molecule has 1 unspecified atom stereocenters. The van der Waals surface area contributed by atoms with Crippen LogP contribution in [-0.4, -0.2) is 79.4 Å². The number of nitrogens with zero attached hydrogens (tertiary/aromatic N) is 2. The predicted octanol–water partition coefficient (Wildman–Crippen LogP) is 0.00962. The quantitative estimate of drug-likeness (QED) is 0.364. The third-order valence-electron chi connectivity index (χ3n) is 5.52. The van der Waals surface area contributed by atoms with Crippen molar-refractivity contribution in [2.75, 3.05) is 13.7 Å². The molecule has 2 aromatic rings. The lowest BCUT2D eigenvalue weighted by Crippen LogP contribution is -2.67. The molecule has 0 aliphatic carbocycles. The minimum atomic E-state index is -2.82. The Morgan fingerprint density at radius 2 is 1.94 bits per heavy atom. The highest BCUT2D eigenvalue weighted by Gasteiger charge is 2.55. The van der Waals surface area contributed by atoms with Crippen LogP contribution >= 0.6 is 0 Å². The van der Waals surface area contributed by atoms with E-state index in [9.17, 15) is 29.9 Å². The van der Waals surface area contributed by atoms with Gasteiger partial charge in [-0.1, -0.05) is 6.07 Å². The third kappa shape index (κ3) is 4.45. The average Bonchev–Trinajstić information content (AvgIpc) is 3.06. The fourth-order valence-electron chi connectivity index (χ4n) is 3.65. The van der Waals surface area contributed by atoms with Gasteiger partial charge in [0.2, 0.25) is 5.88 Å². The summed E-state index contributed by atoms with van der Waals surface area (Å²) in [5.74, 6) is -3.14. The van der Waals surface area contributed by atoms with Gasteiger partial charge in [0, 0.05) is 29.8 Å². The fraction of sp³-hybridized carbons (Fsp3) is 0.571. The molecule has 3 rings (SSSR count). The van der Waals surface area contributed by atoms with E-state index in [4.69, 9.17) is 14.2 Å². The zero-order chi connectivity index (χ0) is 23.8. The molecule has 1 aliphatic heterocycles. The first-order valence-electron chi connectivity index (χ1n) is 10.2. The molecular formula is C21H29FN2O8. The van der Waals surface area contributed by atoms with E-state index in [1.165, 1.54) is 13.2 Å². The average molecular weight is 456 g/mol. The maximum absolute atomic E-state index is 14.6. The smallest absolute Gasteiger partial charge is 0.356 e. The first-order chi connectivity index (χ1) is 15.0. The van der Waals surface area contributed by atoms with Gasteiger partial charge in [-0.25, -0.2) is 4.39 Å². The van der Waals surface area contributed by atoms with Crippen LogP contribution in [0.3, 0.4) is 0 Å². The van der Waals surface area contributed by atoms with Crippen LogP contribution in [0.15, 0.2) is 18.2 Å².